The Morgan fingerprint density at radius 1 is 1.30 bits per heavy atom. The molecule has 7 nitrogen and oxygen atoms in total. The minimum absolute atomic E-state index is 0.00224. The van der Waals surface area contributed by atoms with Gasteiger partial charge in [0.1, 0.15) is 0 Å². The third kappa shape index (κ3) is 5.70. The SMILES string of the molecule is CC(C)OCCS(=O)(=O)NCC(=O)N1CCC2(CCNC2)CC1. The first-order valence-corrected chi connectivity index (χ1v) is 10.0. The number of sulfonamides is 1. The molecule has 0 bridgehead atoms. The van der Waals surface area contributed by atoms with E-state index in [-0.39, 0.29) is 30.9 Å². The predicted octanol–water partition coefficient (Wildman–Crippen LogP) is -0.0671. The standard InChI is InChI=1S/C15H29N3O4S/c1-13(2)22-9-10-23(20,21)17-11-14(19)18-7-4-15(5-8-18)3-6-16-12-15/h13,16-17H,3-12H2,1-2H3. The second kappa shape index (κ2) is 7.92. The summed E-state index contributed by atoms with van der Waals surface area (Å²) in [4.78, 5) is 14.0. The van der Waals surface area contributed by atoms with Crippen molar-refractivity contribution < 1.29 is 17.9 Å². The molecule has 2 heterocycles. The minimum Gasteiger partial charge on any atom is -0.378 e. The zero-order chi connectivity index (χ0) is 16.9. The predicted molar refractivity (Wildman–Crippen MR) is 88.6 cm³/mol. The van der Waals surface area contributed by atoms with Crippen molar-refractivity contribution >= 4 is 15.9 Å². The first kappa shape index (κ1) is 18.6. The van der Waals surface area contributed by atoms with E-state index in [9.17, 15) is 13.2 Å². The van der Waals surface area contributed by atoms with Crippen LogP contribution in [-0.2, 0) is 19.6 Å². The molecule has 0 aliphatic carbocycles. The lowest BCUT2D eigenvalue weighted by Crippen LogP contribution is -2.47. The Labute approximate surface area is 139 Å². The number of carbonyl (C=O) groups is 1. The molecule has 0 atom stereocenters. The van der Waals surface area contributed by atoms with Crippen molar-refractivity contribution in [2.75, 3.05) is 45.1 Å². The fourth-order valence-corrected chi connectivity index (χ4v) is 4.01. The largest absolute Gasteiger partial charge is 0.378 e. The molecule has 2 N–H and O–H groups in total. The van der Waals surface area contributed by atoms with Crippen LogP contribution in [0.3, 0.4) is 0 Å². The van der Waals surface area contributed by atoms with Crippen molar-refractivity contribution in [3.05, 3.63) is 0 Å². The molecule has 2 aliphatic heterocycles. The Bertz CT molecular complexity index is 491. The lowest BCUT2D eigenvalue weighted by Gasteiger charge is -2.38. The first-order valence-electron chi connectivity index (χ1n) is 8.39. The quantitative estimate of drug-likeness (QED) is 0.673. The number of ether oxygens (including phenoxy) is 1. The van der Waals surface area contributed by atoms with Gasteiger partial charge in [0.2, 0.25) is 15.9 Å². The van der Waals surface area contributed by atoms with Gasteiger partial charge in [-0.05, 0) is 45.1 Å². The van der Waals surface area contributed by atoms with Gasteiger partial charge in [-0.25, -0.2) is 13.1 Å². The van der Waals surface area contributed by atoms with Crippen LogP contribution in [-0.4, -0.2) is 70.4 Å². The first-order chi connectivity index (χ1) is 10.8. The zero-order valence-corrected chi connectivity index (χ0v) is 15.0. The number of likely N-dealkylation sites (tertiary alicyclic amines) is 1. The van der Waals surface area contributed by atoms with E-state index in [1.54, 1.807) is 4.90 Å². The van der Waals surface area contributed by atoms with Crippen LogP contribution >= 0.6 is 0 Å². The van der Waals surface area contributed by atoms with Gasteiger partial charge in [0.25, 0.3) is 0 Å². The van der Waals surface area contributed by atoms with E-state index < -0.39 is 10.0 Å². The van der Waals surface area contributed by atoms with Crippen LogP contribution in [0.25, 0.3) is 0 Å². The summed E-state index contributed by atoms with van der Waals surface area (Å²) < 4.78 is 31.3. The highest BCUT2D eigenvalue weighted by atomic mass is 32.2. The monoisotopic (exact) mass is 347 g/mol. The number of piperidine rings is 1. The molecule has 1 spiro atoms. The van der Waals surface area contributed by atoms with Crippen molar-refractivity contribution in [2.45, 2.75) is 39.2 Å². The summed E-state index contributed by atoms with van der Waals surface area (Å²) in [7, 11) is -3.47. The summed E-state index contributed by atoms with van der Waals surface area (Å²) in [5, 5.41) is 3.39. The molecular weight excluding hydrogens is 318 g/mol. The number of hydrogen-bond acceptors (Lipinski definition) is 5. The van der Waals surface area contributed by atoms with Gasteiger partial charge in [-0.1, -0.05) is 0 Å². The fourth-order valence-electron chi connectivity index (χ4n) is 3.20. The molecule has 0 unspecified atom stereocenters. The molecular formula is C15H29N3O4S. The average molecular weight is 347 g/mol. The molecule has 23 heavy (non-hydrogen) atoms. The molecule has 134 valence electrons. The lowest BCUT2D eigenvalue weighted by atomic mass is 9.78. The van der Waals surface area contributed by atoms with E-state index in [0.29, 0.717) is 5.41 Å². The Hall–Kier alpha value is -0.700. The second-order valence-electron chi connectivity index (χ2n) is 6.87. The number of rotatable bonds is 7. The number of nitrogens with zero attached hydrogens (tertiary/aromatic N) is 1. The van der Waals surface area contributed by atoms with Crippen LogP contribution in [0.2, 0.25) is 0 Å². The lowest BCUT2D eigenvalue weighted by molar-refractivity contribution is -0.132. The summed E-state index contributed by atoms with van der Waals surface area (Å²) in [5.74, 6) is -0.257. The van der Waals surface area contributed by atoms with Crippen LogP contribution in [0.1, 0.15) is 33.1 Å². The Morgan fingerprint density at radius 3 is 2.57 bits per heavy atom. The molecule has 0 aromatic heterocycles. The molecule has 0 aromatic rings. The molecule has 2 fully saturated rings. The van der Waals surface area contributed by atoms with Crippen LogP contribution in [0, 0.1) is 5.41 Å². The minimum atomic E-state index is -3.47. The van der Waals surface area contributed by atoms with Gasteiger partial charge in [-0.2, -0.15) is 0 Å². The van der Waals surface area contributed by atoms with Gasteiger partial charge in [-0.15, -0.1) is 0 Å². The topological polar surface area (TPSA) is 87.7 Å². The molecule has 1 amide bonds. The number of carbonyl (C=O) groups excluding carboxylic acids is 1. The molecule has 8 heteroatoms. The van der Waals surface area contributed by atoms with E-state index in [1.165, 1.54) is 6.42 Å². The van der Waals surface area contributed by atoms with Gasteiger partial charge < -0.3 is 15.0 Å². The maximum atomic E-state index is 12.2. The Morgan fingerprint density at radius 2 is 2.00 bits per heavy atom. The normalized spacial score (nSPS) is 21.3. The van der Waals surface area contributed by atoms with Crippen molar-refractivity contribution in [3.63, 3.8) is 0 Å². The van der Waals surface area contributed by atoms with Gasteiger partial charge in [-0.3, -0.25) is 4.79 Å². The smallest absolute Gasteiger partial charge is 0.237 e. The summed E-state index contributed by atoms with van der Waals surface area (Å²) in [6.07, 6.45) is 3.18. The summed E-state index contributed by atoms with van der Waals surface area (Å²) in [5.41, 5.74) is 0.352. The summed E-state index contributed by atoms with van der Waals surface area (Å²) in [6.45, 7) is 7.23. The van der Waals surface area contributed by atoms with Crippen LogP contribution in [0.5, 0.6) is 0 Å². The van der Waals surface area contributed by atoms with Crippen molar-refractivity contribution in [3.8, 4) is 0 Å². The molecule has 2 saturated heterocycles. The second-order valence-corrected chi connectivity index (χ2v) is 8.79. The van der Waals surface area contributed by atoms with Crippen molar-refractivity contribution in [1.29, 1.82) is 0 Å². The Balaban J connectivity index is 1.70. The maximum Gasteiger partial charge on any atom is 0.237 e. The summed E-state index contributed by atoms with van der Waals surface area (Å²) in [6, 6.07) is 0. The van der Waals surface area contributed by atoms with Crippen LogP contribution in [0.4, 0.5) is 0 Å². The Kier molecular flexibility index (Phi) is 6.41. The van der Waals surface area contributed by atoms with Crippen LogP contribution < -0.4 is 10.0 Å². The number of hydrogen-bond donors (Lipinski definition) is 2. The van der Waals surface area contributed by atoms with E-state index in [0.717, 1.165) is 39.0 Å². The highest BCUT2D eigenvalue weighted by Gasteiger charge is 2.38. The van der Waals surface area contributed by atoms with Crippen molar-refractivity contribution in [1.82, 2.24) is 14.9 Å². The van der Waals surface area contributed by atoms with Gasteiger partial charge >= 0.3 is 0 Å². The average Bonchev–Trinajstić information content (AvgIpc) is 2.93. The zero-order valence-electron chi connectivity index (χ0n) is 14.1. The van der Waals surface area contributed by atoms with Crippen LogP contribution in [0.15, 0.2) is 0 Å². The number of amides is 1. The molecule has 2 aliphatic rings. The highest BCUT2D eigenvalue weighted by molar-refractivity contribution is 7.89. The third-order valence-electron chi connectivity index (χ3n) is 4.76. The molecule has 0 saturated carbocycles. The molecule has 2 rings (SSSR count). The molecule has 0 radical (unpaired) electrons. The third-order valence-corrected chi connectivity index (χ3v) is 6.04. The van der Waals surface area contributed by atoms with Gasteiger partial charge in [0, 0.05) is 19.6 Å². The van der Waals surface area contributed by atoms with E-state index in [4.69, 9.17) is 4.74 Å². The highest BCUT2D eigenvalue weighted by Crippen LogP contribution is 2.36. The van der Waals surface area contributed by atoms with Gasteiger partial charge in [0.05, 0.1) is 25.0 Å². The van der Waals surface area contributed by atoms with E-state index in [1.807, 2.05) is 13.8 Å². The van der Waals surface area contributed by atoms with Gasteiger partial charge in [0.15, 0.2) is 0 Å². The summed E-state index contributed by atoms with van der Waals surface area (Å²) >= 11 is 0. The van der Waals surface area contributed by atoms with E-state index in [2.05, 4.69) is 10.0 Å². The van der Waals surface area contributed by atoms with Crippen molar-refractivity contribution in [2.24, 2.45) is 5.41 Å². The maximum absolute atomic E-state index is 12.2. The number of nitrogens with one attached hydrogen (secondary N) is 2. The van der Waals surface area contributed by atoms with E-state index >= 15 is 0 Å². The fraction of sp³-hybridized carbons (Fsp3) is 0.933. The molecule has 0 aromatic carbocycles.